The van der Waals surface area contributed by atoms with E-state index < -0.39 is 0 Å². The van der Waals surface area contributed by atoms with Gasteiger partial charge in [-0.3, -0.25) is 0 Å². The third-order valence-corrected chi connectivity index (χ3v) is 4.36. The van der Waals surface area contributed by atoms with Crippen LogP contribution in [-0.2, 0) is 12.8 Å². The second-order valence-electron chi connectivity index (χ2n) is 6.58. The van der Waals surface area contributed by atoms with Crippen LogP contribution in [0.1, 0.15) is 31.2 Å². The maximum absolute atomic E-state index is 13.9. The van der Waals surface area contributed by atoms with Crippen LogP contribution in [0.2, 0.25) is 0 Å². The summed E-state index contributed by atoms with van der Waals surface area (Å²) in [6.45, 7) is 7.39. The standard InChI is InChI=1S/C18H24FNS/c1-18(2,3)20-13-14(12-16-8-6-10-21-16)11-15-7-4-5-9-17(15)19/h4-10,14,20H,11-13H2,1-3H3. The zero-order valence-electron chi connectivity index (χ0n) is 13.0. The highest BCUT2D eigenvalue weighted by molar-refractivity contribution is 7.09. The van der Waals surface area contributed by atoms with Gasteiger partial charge in [-0.15, -0.1) is 11.3 Å². The largest absolute Gasteiger partial charge is 0.312 e. The summed E-state index contributed by atoms with van der Waals surface area (Å²) < 4.78 is 13.9. The van der Waals surface area contributed by atoms with Crippen LogP contribution in [0.3, 0.4) is 0 Å². The van der Waals surface area contributed by atoms with Gasteiger partial charge in [0, 0.05) is 10.4 Å². The van der Waals surface area contributed by atoms with Crippen LogP contribution in [-0.4, -0.2) is 12.1 Å². The molecule has 114 valence electrons. The summed E-state index contributed by atoms with van der Waals surface area (Å²) >= 11 is 1.78. The summed E-state index contributed by atoms with van der Waals surface area (Å²) in [6.07, 6.45) is 1.77. The Morgan fingerprint density at radius 2 is 1.86 bits per heavy atom. The molecule has 1 nitrogen and oxygen atoms in total. The Morgan fingerprint density at radius 1 is 1.10 bits per heavy atom. The molecule has 1 atom stereocenters. The lowest BCUT2D eigenvalue weighted by atomic mass is 9.94. The van der Waals surface area contributed by atoms with Gasteiger partial charge in [-0.1, -0.05) is 24.3 Å². The normalized spacial score (nSPS) is 13.3. The molecule has 0 fully saturated rings. The maximum atomic E-state index is 13.9. The SMILES string of the molecule is CC(C)(C)NCC(Cc1cccs1)Cc1ccccc1F. The first kappa shape index (κ1) is 16.2. The highest BCUT2D eigenvalue weighted by Crippen LogP contribution is 2.20. The Bertz CT molecular complexity index is 543. The van der Waals surface area contributed by atoms with Gasteiger partial charge in [-0.05, 0) is 69.2 Å². The van der Waals surface area contributed by atoms with Crippen LogP contribution >= 0.6 is 11.3 Å². The molecular formula is C18H24FNS. The highest BCUT2D eigenvalue weighted by Gasteiger charge is 2.17. The van der Waals surface area contributed by atoms with Crippen LogP contribution in [0.15, 0.2) is 41.8 Å². The quantitative estimate of drug-likeness (QED) is 0.817. The van der Waals surface area contributed by atoms with Crippen LogP contribution in [0.25, 0.3) is 0 Å². The lowest BCUT2D eigenvalue weighted by Gasteiger charge is -2.25. The van der Waals surface area contributed by atoms with E-state index in [0.29, 0.717) is 5.92 Å². The molecule has 2 aromatic rings. The first-order chi connectivity index (χ1) is 9.94. The van der Waals surface area contributed by atoms with Gasteiger partial charge in [0.05, 0.1) is 0 Å². The number of benzene rings is 1. The van der Waals surface area contributed by atoms with Crippen LogP contribution in [0.5, 0.6) is 0 Å². The summed E-state index contributed by atoms with van der Waals surface area (Å²) in [4.78, 5) is 1.37. The molecule has 1 N–H and O–H groups in total. The van der Waals surface area contributed by atoms with Crippen LogP contribution in [0.4, 0.5) is 4.39 Å². The number of halogens is 1. The number of hydrogen-bond donors (Lipinski definition) is 1. The predicted octanol–water partition coefficient (Wildman–Crippen LogP) is 4.68. The minimum absolute atomic E-state index is 0.0862. The third kappa shape index (κ3) is 5.60. The molecular weight excluding hydrogens is 281 g/mol. The van der Waals surface area contributed by atoms with Crippen molar-refractivity contribution < 1.29 is 4.39 Å². The van der Waals surface area contributed by atoms with Crippen molar-refractivity contribution in [3.63, 3.8) is 0 Å². The lowest BCUT2D eigenvalue weighted by molar-refractivity contribution is 0.366. The van der Waals surface area contributed by atoms with Crippen molar-refractivity contribution in [2.45, 2.75) is 39.2 Å². The molecule has 0 aliphatic rings. The second-order valence-corrected chi connectivity index (χ2v) is 7.61. The van der Waals surface area contributed by atoms with Crippen molar-refractivity contribution in [3.05, 3.63) is 58.0 Å². The van der Waals surface area contributed by atoms with Gasteiger partial charge in [0.2, 0.25) is 0 Å². The molecule has 0 bridgehead atoms. The van der Waals surface area contributed by atoms with E-state index in [-0.39, 0.29) is 11.4 Å². The van der Waals surface area contributed by atoms with E-state index in [1.54, 1.807) is 23.5 Å². The molecule has 21 heavy (non-hydrogen) atoms. The summed E-state index contributed by atoms with van der Waals surface area (Å²) in [5.41, 5.74) is 0.901. The smallest absolute Gasteiger partial charge is 0.126 e. The third-order valence-electron chi connectivity index (χ3n) is 3.46. The number of hydrogen-bond acceptors (Lipinski definition) is 2. The molecule has 1 unspecified atom stereocenters. The Labute approximate surface area is 131 Å². The van der Waals surface area contributed by atoms with E-state index in [1.165, 1.54) is 4.88 Å². The molecule has 0 saturated carbocycles. The van der Waals surface area contributed by atoms with Crippen molar-refractivity contribution in [1.29, 1.82) is 0 Å². The first-order valence-corrected chi connectivity index (χ1v) is 8.33. The van der Waals surface area contributed by atoms with Crippen molar-refractivity contribution in [2.24, 2.45) is 5.92 Å². The van der Waals surface area contributed by atoms with Gasteiger partial charge in [0.1, 0.15) is 5.82 Å². The molecule has 1 heterocycles. The minimum Gasteiger partial charge on any atom is -0.312 e. The van der Waals surface area contributed by atoms with Crippen LogP contribution in [0, 0.1) is 11.7 Å². The van der Waals surface area contributed by atoms with E-state index in [9.17, 15) is 4.39 Å². The first-order valence-electron chi connectivity index (χ1n) is 7.45. The molecule has 0 radical (unpaired) electrons. The molecule has 1 aromatic carbocycles. The summed E-state index contributed by atoms with van der Waals surface area (Å²) in [7, 11) is 0. The van der Waals surface area contributed by atoms with E-state index in [1.807, 2.05) is 12.1 Å². The second kappa shape index (κ2) is 7.19. The molecule has 0 aliphatic heterocycles. The summed E-state index contributed by atoms with van der Waals surface area (Å²) in [5, 5.41) is 5.66. The van der Waals surface area contributed by atoms with E-state index >= 15 is 0 Å². The summed E-state index contributed by atoms with van der Waals surface area (Å²) in [6, 6.07) is 11.4. The molecule has 0 saturated heterocycles. The average Bonchev–Trinajstić information content (AvgIpc) is 2.90. The zero-order valence-corrected chi connectivity index (χ0v) is 13.8. The molecule has 1 aromatic heterocycles. The molecule has 0 spiro atoms. The fourth-order valence-corrected chi connectivity index (χ4v) is 3.18. The fourth-order valence-electron chi connectivity index (χ4n) is 2.36. The van der Waals surface area contributed by atoms with Crippen LogP contribution < -0.4 is 5.32 Å². The van der Waals surface area contributed by atoms with E-state index in [4.69, 9.17) is 0 Å². The van der Waals surface area contributed by atoms with Crippen molar-refractivity contribution >= 4 is 11.3 Å². The lowest BCUT2D eigenvalue weighted by Crippen LogP contribution is -2.40. The van der Waals surface area contributed by atoms with Crippen molar-refractivity contribution in [2.75, 3.05) is 6.54 Å². The van der Waals surface area contributed by atoms with Gasteiger partial charge in [0.25, 0.3) is 0 Å². The highest BCUT2D eigenvalue weighted by atomic mass is 32.1. The zero-order chi connectivity index (χ0) is 15.3. The van der Waals surface area contributed by atoms with Gasteiger partial charge in [-0.25, -0.2) is 4.39 Å². The van der Waals surface area contributed by atoms with E-state index in [2.05, 4.69) is 43.6 Å². The summed E-state index contributed by atoms with van der Waals surface area (Å²) in [5.74, 6) is 0.309. The van der Waals surface area contributed by atoms with Gasteiger partial charge in [-0.2, -0.15) is 0 Å². The molecule has 0 aliphatic carbocycles. The Balaban J connectivity index is 2.06. The van der Waals surface area contributed by atoms with Gasteiger partial charge < -0.3 is 5.32 Å². The fraction of sp³-hybridized carbons (Fsp3) is 0.444. The van der Waals surface area contributed by atoms with Crippen molar-refractivity contribution in [1.82, 2.24) is 5.32 Å². The van der Waals surface area contributed by atoms with Gasteiger partial charge in [0.15, 0.2) is 0 Å². The Kier molecular flexibility index (Phi) is 5.54. The number of nitrogens with one attached hydrogen (secondary N) is 1. The topological polar surface area (TPSA) is 12.0 Å². The monoisotopic (exact) mass is 305 g/mol. The molecule has 2 rings (SSSR count). The average molecular weight is 305 g/mol. The van der Waals surface area contributed by atoms with Crippen molar-refractivity contribution in [3.8, 4) is 0 Å². The van der Waals surface area contributed by atoms with Gasteiger partial charge >= 0.3 is 0 Å². The number of thiophene rings is 1. The predicted molar refractivity (Wildman–Crippen MR) is 89.4 cm³/mol. The minimum atomic E-state index is -0.0931. The maximum Gasteiger partial charge on any atom is 0.126 e. The van der Waals surface area contributed by atoms with E-state index in [0.717, 1.165) is 24.9 Å². The Morgan fingerprint density at radius 3 is 2.48 bits per heavy atom. The Hall–Kier alpha value is -1.19. The molecule has 0 amide bonds. The molecule has 3 heteroatoms. The number of rotatable bonds is 6.